The molecule has 0 spiro atoms. The van der Waals surface area contributed by atoms with Crippen molar-refractivity contribution in [1.29, 1.82) is 0 Å². The molecule has 0 N–H and O–H groups in total. The van der Waals surface area contributed by atoms with Crippen molar-refractivity contribution in [3.05, 3.63) is 0 Å². The summed E-state index contributed by atoms with van der Waals surface area (Å²) in [7, 11) is 3.46. The van der Waals surface area contributed by atoms with Crippen molar-refractivity contribution in [2.24, 2.45) is 5.41 Å². The first-order valence-electron chi connectivity index (χ1n) is 5.80. The molecular formula is C12H26O3. The number of unbranched alkanes of at least 4 members (excludes halogenated alkanes) is 1. The molecule has 0 aliphatic rings. The number of rotatable bonds is 10. The zero-order valence-corrected chi connectivity index (χ0v) is 10.7. The Hall–Kier alpha value is -0.120. The first kappa shape index (κ1) is 14.9. The summed E-state index contributed by atoms with van der Waals surface area (Å²) in [6.45, 7) is 7.28. The lowest BCUT2D eigenvalue weighted by Crippen LogP contribution is -2.36. The molecule has 0 rings (SSSR count). The summed E-state index contributed by atoms with van der Waals surface area (Å²) >= 11 is 0. The zero-order chi connectivity index (χ0) is 11.6. The monoisotopic (exact) mass is 218 g/mol. The van der Waals surface area contributed by atoms with Crippen LogP contribution in [0.25, 0.3) is 0 Å². The molecule has 0 saturated carbocycles. The van der Waals surface area contributed by atoms with Gasteiger partial charge >= 0.3 is 0 Å². The summed E-state index contributed by atoms with van der Waals surface area (Å²) in [6, 6.07) is 0. The van der Waals surface area contributed by atoms with Gasteiger partial charge in [-0.2, -0.15) is 0 Å². The Morgan fingerprint density at radius 1 is 0.933 bits per heavy atom. The van der Waals surface area contributed by atoms with Gasteiger partial charge in [0, 0.05) is 26.2 Å². The predicted molar refractivity (Wildman–Crippen MR) is 62.2 cm³/mol. The minimum absolute atomic E-state index is 0.0250. The second-order valence-electron chi connectivity index (χ2n) is 4.13. The third-order valence-corrected chi connectivity index (χ3v) is 2.70. The molecule has 3 nitrogen and oxygen atoms in total. The van der Waals surface area contributed by atoms with Crippen LogP contribution in [0.15, 0.2) is 0 Å². The van der Waals surface area contributed by atoms with E-state index in [0.29, 0.717) is 13.2 Å². The van der Waals surface area contributed by atoms with E-state index in [-0.39, 0.29) is 5.41 Å². The molecule has 0 heterocycles. The molecule has 0 aromatic rings. The van der Waals surface area contributed by atoms with Crippen LogP contribution in [0.5, 0.6) is 0 Å². The van der Waals surface area contributed by atoms with Gasteiger partial charge in [0.25, 0.3) is 0 Å². The molecule has 0 radical (unpaired) electrons. The van der Waals surface area contributed by atoms with Crippen molar-refractivity contribution < 1.29 is 14.2 Å². The lowest BCUT2D eigenvalue weighted by molar-refractivity contribution is -0.0525. The standard InChI is InChI=1S/C12H26O3/c1-5-7-8-15-11-12(6-2,9-13-3)10-14-4/h5-11H2,1-4H3. The first-order valence-corrected chi connectivity index (χ1v) is 5.80. The summed E-state index contributed by atoms with van der Waals surface area (Å²) < 4.78 is 16.2. The highest BCUT2D eigenvalue weighted by atomic mass is 16.5. The molecule has 3 heteroatoms. The van der Waals surface area contributed by atoms with Gasteiger partial charge in [0.2, 0.25) is 0 Å². The Bertz CT molecular complexity index is 131. The Labute approximate surface area is 94.1 Å². The van der Waals surface area contributed by atoms with Gasteiger partial charge in [-0.25, -0.2) is 0 Å². The van der Waals surface area contributed by atoms with Gasteiger partial charge in [-0.1, -0.05) is 20.3 Å². The maximum Gasteiger partial charge on any atom is 0.0566 e. The summed E-state index contributed by atoms with van der Waals surface area (Å²) in [4.78, 5) is 0. The van der Waals surface area contributed by atoms with Crippen LogP contribution in [-0.4, -0.2) is 40.6 Å². The third-order valence-electron chi connectivity index (χ3n) is 2.70. The first-order chi connectivity index (χ1) is 7.24. The second-order valence-corrected chi connectivity index (χ2v) is 4.13. The molecule has 15 heavy (non-hydrogen) atoms. The van der Waals surface area contributed by atoms with Gasteiger partial charge in [-0.15, -0.1) is 0 Å². The van der Waals surface area contributed by atoms with Crippen molar-refractivity contribution in [1.82, 2.24) is 0 Å². The van der Waals surface area contributed by atoms with Gasteiger partial charge < -0.3 is 14.2 Å². The van der Waals surface area contributed by atoms with Gasteiger partial charge in [0.1, 0.15) is 0 Å². The van der Waals surface area contributed by atoms with E-state index in [1.165, 1.54) is 6.42 Å². The van der Waals surface area contributed by atoms with Gasteiger partial charge in [-0.3, -0.25) is 0 Å². The van der Waals surface area contributed by atoms with Gasteiger partial charge in [0.05, 0.1) is 19.8 Å². The van der Waals surface area contributed by atoms with Crippen molar-refractivity contribution >= 4 is 0 Å². The summed E-state index contributed by atoms with van der Waals surface area (Å²) in [5, 5.41) is 0. The maximum absolute atomic E-state index is 5.68. The lowest BCUT2D eigenvalue weighted by atomic mass is 9.88. The highest BCUT2D eigenvalue weighted by Gasteiger charge is 2.28. The van der Waals surface area contributed by atoms with Crippen molar-refractivity contribution in [2.45, 2.75) is 33.1 Å². The molecule has 0 atom stereocenters. The van der Waals surface area contributed by atoms with Crippen molar-refractivity contribution in [2.75, 3.05) is 40.6 Å². The maximum atomic E-state index is 5.68. The van der Waals surface area contributed by atoms with Crippen LogP contribution in [0.1, 0.15) is 33.1 Å². The Morgan fingerprint density at radius 3 is 1.93 bits per heavy atom. The highest BCUT2D eigenvalue weighted by Crippen LogP contribution is 2.23. The summed E-state index contributed by atoms with van der Waals surface area (Å²) in [5.74, 6) is 0. The van der Waals surface area contributed by atoms with Crippen LogP contribution >= 0.6 is 0 Å². The van der Waals surface area contributed by atoms with E-state index in [1.807, 2.05) is 0 Å². The van der Waals surface area contributed by atoms with Crippen molar-refractivity contribution in [3.8, 4) is 0 Å². The van der Waals surface area contributed by atoms with Gasteiger partial charge in [0.15, 0.2) is 0 Å². The van der Waals surface area contributed by atoms with E-state index in [0.717, 1.165) is 26.1 Å². The molecule has 0 aromatic heterocycles. The number of hydrogen-bond acceptors (Lipinski definition) is 3. The molecule has 92 valence electrons. The average Bonchev–Trinajstić information content (AvgIpc) is 2.25. The van der Waals surface area contributed by atoms with Gasteiger partial charge in [-0.05, 0) is 12.8 Å². The summed E-state index contributed by atoms with van der Waals surface area (Å²) in [5.41, 5.74) is 0.0250. The quantitative estimate of drug-likeness (QED) is 0.527. The number of methoxy groups -OCH3 is 2. The van der Waals surface area contributed by atoms with E-state index in [9.17, 15) is 0 Å². The molecule has 0 aliphatic heterocycles. The van der Waals surface area contributed by atoms with Crippen LogP contribution in [0.2, 0.25) is 0 Å². The molecule has 0 bridgehead atoms. The van der Waals surface area contributed by atoms with E-state index in [1.54, 1.807) is 14.2 Å². The zero-order valence-electron chi connectivity index (χ0n) is 10.7. The minimum Gasteiger partial charge on any atom is -0.384 e. The van der Waals surface area contributed by atoms with E-state index < -0.39 is 0 Å². The largest absolute Gasteiger partial charge is 0.384 e. The van der Waals surface area contributed by atoms with Crippen LogP contribution in [-0.2, 0) is 14.2 Å². The predicted octanol–water partition coefficient (Wildman–Crippen LogP) is 2.49. The fourth-order valence-electron chi connectivity index (χ4n) is 1.58. The molecule has 0 aliphatic carbocycles. The van der Waals surface area contributed by atoms with E-state index in [4.69, 9.17) is 14.2 Å². The number of hydrogen-bond donors (Lipinski definition) is 0. The third kappa shape index (κ3) is 6.13. The summed E-state index contributed by atoms with van der Waals surface area (Å²) in [6.07, 6.45) is 3.31. The molecule has 0 unspecified atom stereocenters. The van der Waals surface area contributed by atoms with Crippen LogP contribution in [0.4, 0.5) is 0 Å². The lowest BCUT2D eigenvalue weighted by Gasteiger charge is -2.30. The molecule has 0 amide bonds. The van der Waals surface area contributed by atoms with Crippen LogP contribution < -0.4 is 0 Å². The fourth-order valence-corrected chi connectivity index (χ4v) is 1.58. The second kappa shape index (κ2) is 9.13. The Balaban J connectivity index is 3.96. The van der Waals surface area contributed by atoms with Crippen molar-refractivity contribution in [3.63, 3.8) is 0 Å². The van der Waals surface area contributed by atoms with Crippen LogP contribution in [0, 0.1) is 5.41 Å². The smallest absolute Gasteiger partial charge is 0.0566 e. The minimum atomic E-state index is 0.0250. The van der Waals surface area contributed by atoms with E-state index in [2.05, 4.69) is 13.8 Å². The fraction of sp³-hybridized carbons (Fsp3) is 1.00. The molecule has 0 saturated heterocycles. The Kier molecular flexibility index (Phi) is 9.06. The molecule has 0 aromatic carbocycles. The molecular weight excluding hydrogens is 192 g/mol. The average molecular weight is 218 g/mol. The van der Waals surface area contributed by atoms with E-state index >= 15 is 0 Å². The normalized spacial score (nSPS) is 12.0. The Morgan fingerprint density at radius 2 is 1.53 bits per heavy atom. The van der Waals surface area contributed by atoms with Crippen LogP contribution in [0.3, 0.4) is 0 Å². The topological polar surface area (TPSA) is 27.7 Å². The number of ether oxygens (including phenoxy) is 3. The molecule has 0 fully saturated rings. The SMILES string of the molecule is CCCCOCC(CC)(COC)COC. The highest BCUT2D eigenvalue weighted by molar-refractivity contribution is 4.77.